The van der Waals surface area contributed by atoms with Crippen LogP contribution < -0.4 is 5.73 Å². The smallest absolute Gasteiger partial charge is 0.225 e. The molecule has 0 unspecified atom stereocenters. The van der Waals surface area contributed by atoms with Gasteiger partial charge in [0.25, 0.3) is 0 Å². The summed E-state index contributed by atoms with van der Waals surface area (Å²) >= 11 is 0. The van der Waals surface area contributed by atoms with Crippen LogP contribution >= 0.6 is 0 Å². The first-order valence-electron chi connectivity index (χ1n) is 6.41. The third-order valence-electron chi connectivity index (χ3n) is 3.67. The van der Waals surface area contributed by atoms with E-state index in [1.807, 2.05) is 0 Å². The van der Waals surface area contributed by atoms with Gasteiger partial charge in [-0.25, -0.2) is 4.39 Å². The highest BCUT2D eigenvalue weighted by Crippen LogP contribution is 2.26. The number of carbonyl (C=O) groups is 1. The molecule has 4 nitrogen and oxygen atoms in total. The minimum atomic E-state index is -0.615. The Labute approximate surface area is 112 Å². The number of amides is 1. The topological polar surface area (TPSA) is 66.6 Å². The molecule has 1 aliphatic carbocycles. The summed E-state index contributed by atoms with van der Waals surface area (Å²) in [6, 6.07) is 6.06. The molecule has 1 saturated carbocycles. The van der Waals surface area contributed by atoms with Crippen LogP contribution in [0.2, 0.25) is 0 Å². The Morgan fingerprint density at radius 3 is 2.74 bits per heavy atom. The molecule has 1 aliphatic rings. The fourth-order valence-electron chi connectivity index (χ4n) is 2.52. The van der Waals surface area contributed by atoms with Crippen LogP contribution in [0.5, 0.6) is 0 Å². The Balaban J connectivity index is 1.99. The van der Waals surface area contributed by atoms with Crippen molar-refractivity contribution in [2.24, 2.45) is 11.7 Å². The van der Waals surface area contributed by atoms with Gasteiger partial charge in [0, 0.05) is 31.1 Å². The van der Waals surface area contributed by atoms with Crippen LogP contribution in [0.1, 0.15) is 18.4 Å². The zero-order valence-electron chi connectivity index (χ0n) is 10.9. The third-order valence-corrected chi connectivity index (χ3v) is 3.67. The second-order valence-corrected chi connectivity index (χ2v) is 5.19. The molecule has 3 N–H and O–H groups in total. The number of carbonyl (C=O) groups excluding carboxylic acids is 1. The van der Waals surface area contributed by atoms with Crippen LogP contribution in [0.4, 0.5) is 4.39 Å². The first kappa shape index (κ1) is 14.0. The molecule has 1 amide bonds. The first-order valence-corrected chi connectivity index (χ1v) is 6.41. The lowest BCUT2D eigenvalue weighted by Gasteiger charge is -2.21. The van der Waals surface area contributed by atoms with Gasteiger partial charge < -0.3 is 15.7 Å². The maximum Gasteiger partial charge on any atom is 0.225 e. The Morgan fingerprint density at radius 1 is 1.47 bits per heavy atom. The summed E-state index contributed by atoms with van der Waals surface area (Å²) in [6.07, 6.45) is 0.263. The molecule has 0 radical (unpaired) electrons. The Bertz CT molecular complexity index is 457. The lowest BCUT2D eigenvalue weighted by molar-refractivity contribution is -0.134. The average molecular weight is 266 g/mol. The second kappa shape index (κ2) is 5.67. The molecule has 2 rings (SSSR count). The zero-order valence-corrected chi connectivity index (χ0v) is 10.9. The summed E-state index contributed by atoms with van der Waals surface area (Å²) in [6.45, 7) is 0.230. The van der Waals surface area contributed by atoms with Crippen molar-refractivity contribution in [3.05, 3.63) is 35.6 Å². The van der Waals surface area contributed by atoms with Crippen LogP contribution in [0.3, 0.4) is 0 Å². The van der Waals surface area contributed by atoms with E-state index in [0.717, 1.165) is 0 Å². The lowest BCUT2D eigenvalue weighted by atomic mass is 10.1. The second-order valence-electron chi connectivity index (χ2n) is 5.19. The quantitative estimate of drug-likeness (QED) is 0.853. The number of halogens is 1. The van der Waals surface area contributed by atoms with Crippen LogP contribution in [0.15, 0.2) is 24.3 Å². The fourth-order valence-corrected chi connectivity index (χ4v) is 2.52. The lowest BCUT2D eigenvalue weighted by Crippen LogP contribution is -2.32. The molecule has 0 spiro atoms. The number of hydrogen-bond acceptors (Lipinski definition) is 3. The van der Waals surface area contributed by atoms with Crippen molar-refractivity contribution in [2.45, 2.75) is 31.5 Å². The molecule has 0 aromatic heterocycles. The van der Waals surface area contributed by atoms with Gasteiger partial charge in [-0.15, -0.1) is 0 Å². The maximum absolute atomic E-state index is 13.5. The molecular weight excluding hydrogens is 247 g/mol. The van der Waals surface area contributed by atoms with Gasteiger partial charge in [-0.1, -0.05) is 18.2 Å². The van der Waals surface area contributed by atoms with Crippen molar-refractivity contribution in [3.8, 4) is 0 Å². The molecule has 1 fully saturated rings. The summed E-state index contributed by atoms with van der Waals surface area (Å²) in [5.74, 6) is -0.665. The van der Waals surface area contributed by atoms with Gasteiger partial charge in [0.05, 0.1) is 6.10 Å². The van der Waals surface area contributed by atoms with Crippen LogP contribution in [0.25, 0.3) is 0 Å². The summed E-state index contributed by atoms with van der Waals surface area (Å²) < 4.78 is 13.5. The molecule has 3 atom stereocenters. The molecule has 19 heavy (non-hydrogen) atoms. The van der Waals surface area contributed by atoms with Crippen molar-refractivity contribution in [1.29, 1.82) is 0 Å². The number of nitrogens with two attached hydrogens (primary N) is 1. The van der Waals surface area contributed by atoms with Crippen LogP contribution in [-0.4, -0.2) is 35.1 Å². The SMILES string of the molecule is CN(Cc1ccccc1F)C(=O)[C@H]1C[C@H](N)[C@@H](O)C1. The van der Waals surface area contributed by atoms with E-state index in [1.54, 1.807) is 25.2 Å². The molecule has 1 aromatic rings. The van der Waals surface area contributed by atoms with E-state index in [0.29, 0.717) is 18.4 Å². The normalized spacial score (nSPS) is 26.4. The van der Waals surface area contributed by atoms with E-state index in [1.165, 1.54) is 11.0 Å². The molecule has 5 heteroatoms. The van der Waals surface area contributed by atoms with Crippen LogP contribution in [0, 0.1) is 11.7 Å². The molecule has 0 saturated heterocycles. The molecule has 104 valence electrons. The Kier molecular flexibility index (Phi) is 4.17. The van der Waals surface area contributed by atoms with Crippen LogP contribution in [-0.2, 0) is 11.3 Å². The Morgan fingerprint density at radius 2 is 2.16 bits per heavy atom. The first-order chi connectivity index (χ1) is 8.99. The van der Waals surface area contributed by atoms with Gasteiger partial charge >= 0.3 is 0 Å². The number of aliphatic hydroxyl groups excluding tert-OH is 1. The van der Waals surface area contributed by atoms with E-state index in [4.69, 9.17) is 5.73 Å². The Hall–Kier alpha value is -1.46. The highest BCUT2D eigenvalue weighted by atomic mass is 19.1. The number of nitrogens with zero attached hydrogens (tertiary/aromatic N) is 1. The zero-order chi connectivity index (χ0) is 14.0. The minimum absolute atomic E-state index is 0.0877. The van der Waals surface area contributed by atoms with Gasteiger partial charge in [0.2, 0.25) is 5.91 Å². The largest absolute Gasteiger partial charge is 0.391 e. The summed E-state index contributed by atoms with van der Waals surface area (Å²) in [5, 5.41) is 9.58. The van der Waals surface area contributed by atoms with Gasteiger partial charge in [0.1, 0.15) is 5.82 Å². The molecule has 0 bridgehead atoms. The van der Waals surface area contributed by atoms with Crippen molar-refractivity contribution < 1.29 is 14.3 Å². The number of aliphatic hydroxyl groups is 1. The number of hydrogen-bond donors (Lipinski definition) is 2. The highest BCUT2D eigenvalue weighted by Gasteiger charge is 2.36. The minimum Gasteiger partial charge on any atom is -0.391 e. The molecular formula is C14H19FN2O2. The number of benzene rings is 1. The molecule has 1 aromatic carbocycles. The number of rotatable bonds is 3. The predicted octanol–water partition coefficient (Wildman–Crippen LogP) is 0.882. The van der Waals surface area contributed by atoms with Gasteiger partial charge in [-0.05, 0) is 18.9 Å². The van der Waals surface area contributed by atoms with Crippen molar-refractivity contribution in [3.63, 3.8) is 0 Å². The van der Waals surface area contributed by atoms with Gasteiger partial charge in [-0.2, -0.15) is 0 Å². The molecule has 0 heterocycles. The van der Waals surface area contributed by atoms with Gasteiger partial charge in [0.15, 0.2) is 0 Å². The van der Waals surface area contributed by atoms with Crippen molar-refractivity contribution in [1.82, 2.24) is 4.90 Å². The van der Waals surface area contributed by atoms with E-state index >= 15 is 0 Å². The van der Waals surface area contributed by atoms with E-state index in [-0.39, 0.29) is 30.2 Å². The van der Waals surface area contributed by atoms with Gasteiger partial charge in [-0.3, -0.25) is 4.79 Å². The predicted molar refractivity (Wildman–Crippen MR) is 69.6 cm³/mol. The average Bonchev–Trinajstić information content (AvgIpc) is 2.71. The monoisotopic (exact) mass is 266 g/mol. The van der Waals surface area contributed by atoms with E-state index in [9.17, 15) is 14.3 Å². The third kappa shape index (κ3) is 3.11. The summed E-state index contributed by atoms with van der Waals surface area (Å²) in [4.78, 5) is 13.7. The summed E-state index contributed by atoms with van der Waals surface area (Å²) in [7, 11) is 1.64. The maximum atomic E-state index is 13.5. The highest BCUT2D eigenvalue weighted by molar-refractivity contribution is 5.79. The van der Waals surface area contributed by atoms with E-state index in [2.05, 4.69) is 0 Å². The van der Waals surface area contributed by atoms with Crippen molar-refractivity contribution in [2.75, 3.05) is 7.05 Å². The molecule has 0 aliphatic heterocycles. The fraction of sp³-hybridized carbons (Fsp3) is 0.500. The van der Waals surface area contributed by atoms with E-state index < -0.39 is 6.10 Å². The van der Waals surface area contributed by atoms with Crippen molar-refractivity contribution >= 4 is 5.91 Å². The standard InChI is InChI=1S/C14H19FN2O2/c1-17(8-9-4-2-3-5-11(9)15)14(19)10-6-12(16)13(18)7-10/h2-5,10,12-13,18H,6-8,16H2,1H3/t10-,12-,13-/m0/s1. The summed E-state index contributed by atoms with van der Waals surface area (Å²) in [5.41, 5.74) is 6.19.